The summed E-state index contributed by atoms with van der Waals surface area (Å²) in [5.41, 5.74) is 0. The molecule has 0 spiro atoms. The van der Waals surface area contributed by atoms with Gasteiger partial charge in [-0.25, -0.2) is 5.09 Å². The third-order valence-corrected chi connectivity index (χ3v) is 4.08. The fraction of sp³-hybridized carbons (Fsp3) is 0.364. The van der Waals surface area contributed by atoms with Gasteiger partial charge in [0.15, 0.2) is 0 Å². The molecule has 6 heteroatoms. The molecule has 0 radical (unpaired) electrons. The van der Waals surface area contributed by atoms with Gasteiger partial charge in [0.05, 0.1) is 7.11 Å². The summed E-state index contributed by atoms with van der Waals surface area (Å²) in [4.78, 5) is 11.0. The Bertz CT molecular complexity index is 407. The summed E-state index contributed by atoms with van der Waals surface area (Å²) in [6.45, 7) is 1.60. The maximum absolute atomic E-state index is 12.2. The standard InChI is InChI=1S/C11H16NO4P/c1-3-17(14,12-9-11(13)15-2)16-10-7-5-4-6-8-10/h4-8H,3,9H2,1-2H3,(H,12,14). The van der Waals surface area contributed by atoms with Gasteiger partial charge in [0, 0.05) is 6.16 Å². The average Bonchev–Trinajstić information content (AvgIpc) is 2.37. The van der Waals surface area contributed by atoms with Gasteiger partial charge < -0.3 is 9.26 Å². The number of nitrogens with one attached hydrogen (secondary N) is 1. The molecule has 0 saturated carbocycles. The van der Waals surface area contributed by atoms with Crippen LogP contribution in [0.5, 0.6) is 5.75 Å². The smallest absolute Gasteiger partial charge is 0.320 e. The molecule has 1 unspecified atom stereocenters. The van der Waals surface area contributed by atoms with E-state index in [0.717, 1.165) is 0 Å². The number of hydrogen-bond donors (Lipinski definition) is 1. The number of carbonyl (C=O) groups is 1. The van der Waals surface area contributed by atoms with Crippen LogP contribution >= 0.6 is 7.52 Å². The van der Waals surface area contributed by atoms with Crippen LogP contribution in [0.1, 0.15) is 6.92 Å². The summed E-state index contributed by atoms with van der Waals surface area (Å²) in [5, 5.41) is 2.60. The second-order valence-corrected chi connectivity index (χ2v) is 5.78. The van der Waals surface area contributed by atoms with Crippen LogP contribution in [-0.4, -0.2) is 25.8 Å². The van der Waals surface area contributed by atoms with Crippen LogP contribution in [0.4, 0.5) is 0 Å². The minimum atomic E-state index is -3.04. The molecule has 0 bridgehead atoms. The van der Waals surface area contributed by atoms with Gasteiger partial charge in [0.25, 0.3) is 0 Å². The fourth-order valence-corrected chi connectivity index (χ4v) is 2.37. The van der Waals surface area contributed by atoms with Gasteiger partial charge in [-0.05, 0) is 12.1 Å². The first-order valence-electron chi connectivity index (χ1n) is 5.25. The molecule has 1 aromatic rings. The molecular weight excluding hydrogens is 241 g/mol. The number of carbonyl (C=O) groups excluding carboxylic acids is 1. The maximum atomic E-state index is 12.2. The van der Waals surface area contributed by atoms with Gasteiger partial charge in [0.1, 0.15) is 12.3 Å². The van der Waals surface area contributed by atoms with E-state index in [-0.39, 0.29) is 6.54 Å². The van der Waals surface area contributed by atoms with Crippen molar-refractivity contribution in [2.75, 3.05) is 19.8 Å². The van der Waals surface area contributed by atoms with Gasteiger partial charge in [-0.2, -0.15) is 0 Å². The lowest BCUT2D eigenvalue weighted by Gasteiger charge is -2.18. The Morgan fingerprint density at radius 2 is 2.00 bits per heavy atom. The molecule has 1 aromatic carbocycles. The molecule has 0 fully saturated rings. The van der Waals surface area contributed by atoms with E-state index in [9.17, 15) is 9.36 Å². The molecule has 0 aliphatic carbocycles. The predicted molar refractivity (Wildman–Crippen MR) is 65.2 cm³/mol. The van der Waals surface area contributed by atoms with Crippen LogP contribution in [0.25, 0.3) is 0 Å². The molecule has 17 heavy (non-hydrogen) atoms. The first kappa shape index (κ1) is 13.7. The molecule has 0 aromatic heterocycles. The molecule has 0 heterocycles. The molecule has 0 aliphatic rings. The highest BCUT2D eigenvalue weighted by Gasteiger charge is 2.22. The van der Waals surface area contributed by atoms with Crippen molar-refractivity contribution in [1.82, 2.24) is 5.09 Å². The van der Waals surface area contributed by atoms with Gasteiger partial charge in [-0.3, -0.25) is 9.36 Å². The average molecular weight is 257 g/mol. The Kier molecular flexibility index (Phi) is 5.19. The first-order valence-corrected chi connectivity index (χ1v) is 7.06. The van der Waals surface area contributed by atoms with E-state index in [1.165, 1.54) is 7.11 Å². The van der Waals surface area contributed by atoms with Crippen LogP contribution in [0.3, 0.4) is 0 Å². The summed E-state index contributed by atoms with van der Waals surface area (Å²) in [6, 6.07) is 8.83. The number of rotatable bonds is 6. The zero-order chi connectivity index (χ0) is 12.7. The van der Waals surface area contributed by atoms with E-state index in [0.29, 0.717) is 11.9 Å². The number of para-hydroxylation sites is 1. The lowest BCUT2D eigenvalue weighted by molar-refractivity contribution is -0.139. The Labute approximate surface area is 101 Å². The highest BCUT2D eigenvalue weighted by Crippen LogP contribution is 2.41. The Balaban J connectivity index is 2.63. The quantitative estimate of drug-likeness (QED) is 0.624. The Morgan fingerprint density at radius 3 is 2.53 bits per heavy atom. The zero-order valence-electron chi connectivity index (χ0n) is 9.88. The second-order valence-electron chi connectivity index (χ2n) is 3.31. The lowest BCUT2D eigenvalue weighted by Crippen LogP contribution is -2.24. The minimum absolute atomic E-state index is 0.131. The van der Waals surface area contributed by atoms with E-state index in [1.807, 2.05) is 6.07 Å². The number of methoxy groups -OCH3 is 1. The van der Waals surface area contributed by atoms with E-state index >= 15 is 0 Å². The third kappa shape index (κ3) is 4.59. The van der Waals surface area contributed by atoms with Gasteiger partial charge in [-0.1, -0.05) is 25.1 Å². The molecule has 5 nitrogen and oxygen atoms in total. The normalized spacial score (nSPS) is 13.8. The van der Waals surface area contributed by atoms with Crippen LogP contribution in [0.2, 0.25) is 0 Å². The summed E-state index contributed by atoms with van der Waals surface area (Å²) in [7, 11) is -1.76. The largest absolute Gasteiger partial charge is 0.468 e. The van der Waals surface area contributed by atoms with Crippen molar-refractivity contribution in [2.24, 2.45) is 0 Å². The highest BCUT2D eigenvalue weighted by molar-refractivity contribution is 7.57. The Hall–Kier alpha value is -1.32. The van der Waals surface area contributed by atoms with E-state index in [4.69, 9.17) is 4.52 Å². The summed E-state index contributed by atoms with van der Waals surface area (Å²) in [5.74, 6) is 0.0328. The number of ether oxygens (including phenoxy) is 1. The molecule has 0 aliphatic heterocycles. The van der Waals surface area contributed by atoms with Gasteiger partial charge >= 0.3 is 13.5 Å². The van der Waals surface area contributed by atoms with Crippen molar-refractivity contribution in [3.8, 4) is 5.75 Å². The monoisotopic (exact) mass is 257 g/mol. The van der Waals surface area contributed by atoms with Gasteiger partial charge in [0.2, 0.25) is 0 Å². The van der Waals surface area contributed by atoms with Gasteiger partial charge in [-0.15, -0.1) is 0 Å². The molecule has 1 atom stereocenters. The second kappa shape index (κ2) is 6.42. The lowest BCUT2D eigenvalue weighted by atomic mass is 10.3. The molecular formula is C11H16NO4P. The molecule has 0 amide bonds. The van der Waals surface area contributed by atoms with Crippen molar-refractivity contribution in [2.45, 2.75) is 6.92 Å². The van der Waals surface area contributed by atoms with Crippen molar-refractivity contribution < 1.29 is 18.6 Å². The van der Waals surface area contributed by atoms with Crippen LogP contribution in [-0.2, 0) is 14.1 Å². The van der Waals surface area contributed by atoms with Crippen molar-refractivity contribution in [1.29, 1.82) is 0 Å². The Morgan fingerprint density at radius 1 is 1.35 bits per heavy atom. The third-order valence-electron chi connectivity index (χ3n) is 2.10. The van der Waals surface area contributed by atoms with E-state index in [1.54, 1.807) is 31.2 Å². The van der Waals surface area contributed by atoms with Crippen LogP contribution in [0, 0.1) is 0 Å². The highest BCUT2D eigenvalue weighted by atomic mass is 31.2. The molecule has 94 valence electrons. The van der Waals surface area contributed by atoms with Crippen LogP contribution < -0.4 is 9.61 Å². The number of hydrogen-bond acceptors (Lipinski definition) is 4. The van der Waals surface area contributed by atoms with E-state index in [2.05, 4.69) is 9.82 Å². The van der Waals surface area contributed by atoms with E-state index < -0.39 is 13.5 Å². The maximum Gasteiger partial charge on any atom is 0.320 e. The topological polar surface area (TPSA) is 64.6 Å². The SMILES string of the molecule is CCP(=O)(NCC(=O)OC)Oc1ccccc1. The first-order chi connectivity index (χ1) is 8.09. The molecule has 1 N–H and O–H groups in total. The van der Waals surface area contributed by atoms with Crippen LogP contribution in [0.15, 0.2) is 30.3 Å². The summed E-state index contributed by atoms with van der Waals surface area (Å²) < 4.78 is 22.1. The number of benzene rings is 1. The molecule has 0 saturated heterocycles. The summed E-state index contributed by atoms with van der Waals surface area (Å²) >= 11 is 0. The summed E-state index contributed by atoms with van der Waals surface area (Å²) in [6.07, 6.45) is 0.291. The minimum Gasteiger partial charge on any atom is -0.468 e. The predicted octanol–water partition coefficient (Wildman–Crippen LogP) is 2.04. The van der Waals surface area contributed by atoms with Crippen molar-refractivity contribution in [3.05, 3.63) is 30.3 Å². The van der Waals surface area contributed by atoms with Crippen molar-refractivity contribution in [3.63, 3.8) is 0 Å². The number of esters is 1. The molecule has 1 rings (SSSR count). The fourth-order valence-electron chi connectivity index (χ4n) is 1.12. The van der Waals surface area contributed by atoms with Crippen molar-refractivity contribution >= 4 is 13.5 Å². The zero-order valence-corrected chi connectivity index (χ0v) is 10.8.